The van der Waals surface area contributed by atoms with E-state index in [1.165, 1.54) is 0 Å². The number of benzene rings is 2. The van der Waals surface area contributed by atoms with Crippen molar-refractivity contribution in [3.8, 4) is 0 Å². The highest BCUT2D eigenvalue weighted by atomic mass is 32.1. The molecule has 1 heterocycles. The van der Waals surface area contributed by atoms with Gasteiger partial charge in [-0.3, -0.25) is 10.1 Å². The quantitative estimate of drug-likeness (QED) is 0.594. The van der Waals surface area contributed by atoms with Crippen LogP contribution < -0.4 is 10.6 Å². The maximum atomic E-state index is 13.7. The zero-order chi connectivity index (χ0) is 19.4. The Balaban J connectivity index is 1.71. The van der Waals surface area contributed by atoms with Gasteiger partial charge in [-0.2, -0.15) is 0 Å². The summed E-state index contributed by atoms with van der Waals surface area (Å²) in [5, 5.41) is 7.33. The van der Waals surface area contributed by atoms with Crippen LogP contribution >= 0.6 is 11.3 Å². The third kappa shape index (κ3) is 4.56. The molecule has 0 aliphatic rings. The number of nitrogens with one attached hydrogen (secondary N) is 2. The second-order valence-electron chi connectivity index (χ2n) is 6.01. The minimum absolute atomic E-state index is 0.130. The molecule has 0 unspecified atom stereocenters. The number of thiophene rings is 1. The molecule has 1 atom stereocenters. The highest BCUT2D eigenvalue weighted by molar-refractivity contribution is 7.10. The van der Waals surface area contributed by atoms with Crippen molar-refractivity contribution in [3.63, 3.8) is 0 Å². The Morgan fingerprint density at radius 2 is 1.78 bits per heavy atom. The number of carbonyl (C=O) groups is 1. The minimum Gasteiger partial charge on any atom is -0.322 e. The molecule has 0 spiro atoms. The molecule has 0 radical (unpaired) electrons. The van der Waals surface area contributed by atoms with Crippen molar-refractivity contribution in [2.75, 3.05) is 11.9 Å². The first-order chi connectivity index (χ1) is 13.0. The fraction of sp³-hybridized carbons (Fsp3) is 0.150. The van der Waals surface area contributed by atoms with Gasteiger partial charge in [-0.15, -0.1) is 11.3 Å². The zero-order valence-electron chi connectivity index (χ0n) is 14.4. The molecule has 2 aromatic carbocycles. The Hall–Kier alpha value is -2.64. The number of aryl methyl sites for hydroxylation is 1. The van der Waals surface area contributed by atoms with E-state index in [4.69, 9.17) is 0 Å². The molecule has 0 bridgehead atoms. The summed E-state index contributed by atoms with van der Waals surface area (Å²) in [6, 6.07) is 13.3. The van der Waals surface area contributed by atoms with Gasteiger partial charge < -0.3 is 5.32 Å². The SMILES string of the molecule is Cc1ccc([C@H](NCC(=O)Nc2ccc(F)c(F)c2F)c2cccs2)cc1. The van der Waals surface area contributed by atoms with Gasteiger partial charge in [-0.25, -0.2) is 13.2 Å². The lowest BCUT2D eigenvalue weighted by Gasteiger charge is -2.18. The smallest absolute Gasteiger partial charge is 0.238 e. The van der Waals surface area contributed by atoms with Crippen LogP contribution in [0, 0.1) is 24.4 Å². The summed E-state index contributed by atoms with van der Waals surface area (Å²) in [5.74, 6) is -4.90. The maximum Gasteiger partial charge on any atom is 0.238 e. The van der Waals surface area contributed by atoms with Crippen molar-refractivity contribution in [3.05, 3.63) is 87.4 Å². The van der Waals surface area contributed by atoms with E-state index < -0.39 is 29.0 Å². The summed E-state index contributed by atoms with van der Waals surface area (Å²) in [5.41, 5.74) is 1.70. The van der Waals surface area contributed by atoms with Crippen molar-refractivity contribution >= 4 is 22.9 Å². The predicted octanol–water partition coefficient (Wildman–Crippen LogP) is 4.79. The number of amides is 1. The molecule has 3 aromatic rings. The first-order valence-electron chi connectivity index (χ1n) is 8.22. The van der Waals surface area contributed by atoms with E-state index >= 15 is 0 Å². The van der Waals surface area contributed by atoms with Crippen LogP contribution in [0.5, 0.6) is 0 Å². The Kier molecular flexibility index (Phi) is 5.93. The Morgan fingerprint density at radius 1 is 1.04 bits per heavy atom. The van der Waals surface area contributed by atoms with E-state index in [0.29, 0.717) is 0 Å². The molecule has 2 N–H and O–H groups in total. The van der Waals surface area contributed by atoms with Crippen molar-refractivity contribution < 1.29 is 18.0 Å². The first-order valence-corrected chi connectivity index (χ1v) is 9.10. The van der Waals surface area contributed by atoms with Gasteiger partial charge in [-0.05, 0) is 36.1 Å². The van der Waals surface area contributed by atoms with Crippen LogP contribution in [0.4, 0.5) is 18.9 Å². The summed E-state index contributed by atoms with van der Waals surface area (Å²) in [6.45, 7) is 1.86. The molecule has 1 aromatic heterocycles. The third-order valence-corrected chi connectivity index (χ3v) is 4.95. The standard InChI is InChI=1S/C20H17F3N2OS/c1-12-4-6-13(7-5-12)20(16-3-2-10-27-16)24-11-17(26)25-15-9-8-14(21)18(22)19(15)23/h2-10,20,24H,11H2,1H3,(H,25,26)/t20-/m0/s1. The molecule has 3 nitrogen and oxygen atoms in total. The Labute approximate surface area is 158 Å². The number of rotatable bonds is 6. The second-order valence-corrected chi connectivity index (χ2v) is 6.99. The monoisotopic (exact) mass is 390 g/mol. The summed E-state index contributed by atoms with van der Waals surface area (Å²) in [7, 11) is 0. The molecule has 0 fully saturated rings. The highest BCUT2D eigenvalue weighted by Crippen LogP contribution is 2.26. The van der Waals surface area contributed by atoms with Crippen molar-refractivity contribution in [2.24, 2.45) is 0 Å². The van der Waals surface area contributed by atoms with Gasteiger partial charge in [0.25, 0.3) is 0 Å². The Bertz CT molecular complexity index is 927. The third-order valence-electron chi connectivity index (χ3n) is 4.01. The van der Waals surface area contributed by atoms with Crippen LogP contribution in [0.1, 0.15) is 22.0 Å². The number of anilines is 1. The topological polar surface area (TPSA) is 41.1 Å². The average Bonchev–Trinajstić information content (AvgIpc) is 3.18. The van der Waals surface area contributed by atoms with Gasteiger partial charge in [0.1, 0.15) is 0 Å². The van der Waals surface area contributed by atoms with Gasteiger partial charge in [0.05, 0.1) is 18.3 Å². The maximum absolute atomic E-state index is 13.7. The number of halogens is 3. The van der Waals surface area contributed by atoms with Crippen LogP contribution in [0.3, 0.4) is 0 Å². The molecule has 0 aliphatic heterocycles. The van der Waals surface area contributed by atoms with Gasteiger partial charge in [0, 0.05) is 4.88 Å². The fourth-order valence-corrected chi connectivity index (χ4v) is 3.44. The zero-order valence-corrected chi connectivity index (χ0v) is 15.2. The number of hydrogen-bond acceptors (Lipinski definition) is 3. The van der Waals surface area contributed by atoms with Gasteiger partial charge in [0.15, 0.2) is 17.5 Å². The molecule has 27 heavy (non-hydrogen) atoms. The normalized spacial score (nSPS) is 12.0. The van der Waals surface area contributed by atoms with Crippen LogP contribution in [-0.2, 0) is 4.79 Å². The molecule has 140 valence electrons. The van der Waals surface area contributed by atoms with E-state index in [1.807, 2.05) is 48.7 Å². The lowest BCUT2D eigenvalue weighted by molar-refractivity contribution is -0.115. The lowest BCUT2D eigenvalue weighted by Crippen LogP contribution is -2.31. The molecule has 7 heteroatoms. The van der Waals surface area contributed by atoms with Crippen LogP contribution in [-0.4, -0.2) is 12.5 Å². The second kappa shape index (κ2) is 8.37. The summed E-state index contributed by atoms with van der Waals surface area (Å²) in [4.78, 5) is 13.2. The Morgan fingerprint density at radius 3 is 2.44 bits per heavy atom. The first kappa shape index (κ1) is 19.1. The molecular formula is C20H17F3N2OS. The summed E-state index contributed by atoms with van der Waals surface area (Å²) < 4.78 is 40.0. The molecular weight excluding hydrogens is 373 g/mol. The fourth-order valence-electron chi connectivity index (χ4n) is 2.61. The average molecular weight is 390 g/mol. The van der Waals surface area contributed by atoms with Gasteiger partial charge in [-0.1, -0.05) is 35.9 Å². The summed E-state index contributed by atoms with van der Waals surface area (Å²) >= 11 is 1.55. The molecule has 0 aliphatic carbocycles. The largest absolute Gasteiger partial charge is 0.322 e. The number of hydrogen-bond donors (Lipinski definition) is 2. The molecule has 0 saturated carbocycles. The predicted molar refractivity (Wildman–Crippen MR) is 100 cm³/mol. The molecule has 3 rings (SSSR count). The highest BCUT2D eigenvalue weighted by Gasteiger charge is 2.18. The van der Waals surface area contributed by atoms with Crippen LogP contribution in [0.25, 0.3) is 0 Å². The van der Waals surface area contributed by atoms with Crippen LogP contribution in [0.2, 0.25) is 0 Å². The van der Waals surface area contributed by atoms with Crippen molar-refractivity contribution in [2.45, 2.75) is 13.0 Å². The van der Waals surface area contributed by atoms with E-state index in [-0.39, 0.29) is 12.6 Å². The molecule has 0 saturated heterocycles. The summed E-state index contributed by atoms with van der Waals surface area (Å²) in [6.07, 6.45) is 0. The van der Waals surface area contributed by atoms with Gasteiger partial charge in [0.2, 0.25) is 5.91 Å². The van der Waals surface area contributed by atoms with Gasteiger partial charge >= 0.3 is 0 Å². The lowest BCUT2D eigenvalue weighted by atomic mass is 10.0. The van der Waals surface area contributed by atoms with Crippen molar-refractivity contribution in [1.29, 1.82) is 0 Å². The van der Waals surface area contributed by atoms with Crippen molar-refractivity contribution in [1.82, 2.24) is 5.32 Å². The number of carbonyl (C=O) groups excluding carboxylic acids is 1. The molecule has 1 amide bonds. The van der Waals surface area contributed by atoms with E-state index in [0.717, 1.165) is 28.1 Å². The van der Waals surface area contributed by atoms with E-state index in [1.54, 1.807) is 11.3 Å². The minimum atomic E-state index is -1.61. The van der Waals surface area contributed by atoms with E-state index in [9.17, 15) is 18.0 Å². The van der Waals surface area contributed by atoms with Crippen LogP contribution in [0.15, 0.2) is 53.9 Å². The van der Waals surface area contributed by atoms with E-state index in [2.05, 4.69) is 10.6 Å².